The molecule has 1 atom stereocenters. The van der Waals surface area contributed by atoms with Crippen LogP contribution in [0, 0.1) is 0 Å². The lowest BCUT2D eigenvalue weighted by molar-refractivity contribution is -0.121. The highest BCUT2D eigenvalue weighted by molar-refractivity contribution is 6.30. The zero-order valence-corrected chi connectivity index (χ0v) is 17.1. The van der Waals surface area contributed by atoms with Crippen LogP contribution < -0.4 is 10.2 Å². The Balaban J connectivity index is 1.61. The maximum absolute atomic E-state index is 12.2. The summed E-state index contributed by atoms with van der Waals surface area (Å²) in [4.78, 5) is 29.8. The number of fused-ring (bicyclic) bond motifs is 1. The molecule has 150 valence electrons. The van der Waals surface area contributed by atoms with Gasteiger partial charge in [0.2, 0.25) is 17.8 Å². The van der Waals surface area contributed by atoms with E-state index in [9.17, 15) is 9.59 Å². The predicted molar refractivity (Wildman–Crippen MR) is 114 cm³/mol. The molecule has 0 spiro atoms. The Hall–Kier alpha value is -3.16. The first kappa shape index (κ1) is 18.8. The fraction of sp³-hybridized carbons (Fsp3) is 0.143. The van der Waals surface area contributed by atoms with E-state index < -0.39 is 0 Å². The van der Waals surface area contributed by atoms with Crippen molar-refractivity contribution in [1.29, 1.82) is 0 Å². The van der Waals surface area contributed by atoms with Gasteiger partial charge in [0.1, 0.15) is 6.04 Å². The fourth-order valence-corrected chi connectivity index (χ4v) is 3.82. The molecule has 1 N–H and O–H groups in total. The number of amides is 2. The summed E-state index contributed by atoms with van der Waals surface area (Å²) in [5.74, 6) is -0.0756. The van der Waals surface area contributed by atoms with Crippen LogP contribution in [0.25, 0.3) is 5.70 Å². The molecule has 1 aromatic heterocycles. The molecule has 5 rings (SSSR count). The molecule has 2 aromatic carbocycles. The predicted octanol–water partition coefficient (Wildman–Crippen LogP) is 4.29. The average Bonchev–Trinajstić information content (AvgIpc) is 3.30. The second-order valence-electron chi connectivity index (χ2n) is 7.01. The normalized spacial score (nSPS) is 18.3. The van der Waals surface area contributed by atoms with E-state index in [1.54, 1.807) is 16.8 Å². The molecule has 1 fully saturated rings. The molecule has 2 aliphatic heterocycles. The summed E-state index contributed by atoms with van der Waals surface area (Å²) in [6.07, 6.45) is 2.35. The molecule has 9 heteroatoms. The van der Waals surface area contributed by atoms with E-state index in [1.807, 2.05) is 42.5 Å². The fourth-order valence-electron chi connectivity index (χ4n) is 3.57. The zero-order valence-electron chi connectivity index (χ0n) is 15.5. The number of benzene rings is 2. The minimum atomic E-state index is -0.307. The van der Waals surface area contributed by atoms with Gasteiger partial charge in [-0.1, -0.05) is 47.5 Å². The molecule has 0 radical (unpaired) electrons. The number of nitrogens with one attached hydrogen (secondary N) is 1. The summed E-state index contributed by atoms with van der Waals surface area (Å²) >= 11 is 12.1. The van der Waals surface area contributed by atoms with Crippen molar-refractivity contribution in [1.82, 2.24) is 14.8 Å². The summed E-state index contributed by atoms with van der Waals surface area (Å²) in [5, 5.41) is 9.00. The molecule has 3 heterocycles. The quantitative estimate of drug-likeness (QED) is 0.615. The number of nitrogens with zero attached hydrogens (tertiary/aromatic N) is 4. The van der Waals surface area contributed by atoms with Gasteiger partial charge >= 0.3 is 0 Å². The molecule has 0 aliphatic carbocycles. The van der Waals surface area contributed by atoms with Gasteiger partial charge in [0, 0.05) is 28.6 Å². The Labute approximate surface area is 181 Å². The van der Waals surface area contributed by atoms with Gasteiger partial charge in [-0.05, 0) is 41.5 Å². The van der Waals surface area contributed by atoms with Crippen LogP contribution in [-0.2, 0) is 9.59 Å². The third-order valence-electron chi connectivity index (χ3n) is 5.07. The minimum Gasteiger partial charge on any atom is -0.324 e. The van der Waals surface area contributed by atoms with Gasteiger partial charge in [0.25, 0.3) is 5.95 Å². The van der Waals surface area contributed by atoms with E-state index in [4.69, 9.17) is 23.2 Å². The molecule has 2 amide bonds. The number of hydrogen-bond acceptors (Lipinski definition) is 5. The van der Waals surface area contributed by atoms with E-state index in [-0.39, 0.29) is 36.6 Å². The summed E-state index contributed by atoms with van der Waals surface area (Å²) < 4.78 is 1.66. The highest BCUT2D eigenvalue weighted by Gasteiger charge is 2.35. The second kappa shape index (κ2) is 7.27. The number of halogens is 2. The first-order valence-corrected chi connectivity index (χ1v) is 10.1. The maximum Gasteiger partial charge on any atom is 0.260 e. The van der Waals surface area contributed by atoms with Gasteiger partial charge in [-0.15, -0.1) is 5.10 Å². The number of aromatic nitrogens is 3. The molecule has 7 nitrogen and oxygen atoms in total. The zero-order chi connectivity index (χ0) is 20.8. The minimum absolute atomic E-state index is 0.0784. The lowest BCUT2D eigenvalue weighted by atomic mass is 10.0. The monoisotopic (exact) mass is 439 g/mol. The first-order valence-electron chi connectivity index (χ1n) is 9.32. The van der Waals surface area contributed by atoms with Gasteiger partial charge < -0.3 is 5.32 Å². The maximum atomic E-state index is 12.2. The second-order valence-corrected chi connectivity index (χ2v) is 7.88. The van der Waals surface area contributed by atoms with Gasteiger partial charge in [-0.2, -0.15) is 4.98 Å². The molecular formula is C21H15Cl2N5O2. The van der Waals surface area contributed by atoms with E-state index >= 15 is 0 Å². The smallest absolute Gasteiger partial charge is 0.260 e. The van der Waals surface area contributed by atoms with Crippen LogP contribution >= 0.6 is 23.2 Å². The number of hydrogen-bond donors (Lipinski definition) is 1. The summed E-state index contributed by atoms with van der Waals surface area (Å²) in [5.41, 5.74) is 2.67. The van der Waals surface area contributed by atoms with Crippen molar-refractivity contribution in [2.24, 2.45) is 0 Å². The highest BCUT2D eigenvalue weighted by atomic mass is 35.5. The number of anilines is 2. The Kier molecular flexibility index (Phi) is 4.56. The lowest BCUT2D eigenvalue weighted by Gasteiger charge is -2.24. The van der Waals surface area contributed by atoms with Crippen LogP contribution in [0.15, 0.2) is 54.6 Å². The molecule has 3 aromatic rings. The van der Waals surface area contributed by atoms with Crippen molar-refractivity contribution in [2.75, 3.05) is 10.2 Å². The lowest BCUT2D eigenvalue weighted by Crippen LogP contribution is -2.29. The third kappa shape index (κ3) is 3.26. The van der Waals surface area contributed by atoms with Crippen LogP contribution in [0.1, 0.15) is 30.0 Å². The van der Waals surface area contributed by atoms with Crippen LogP contribution in [-0.4, -0.2) is 26.6 Å². The summed E-state index contributed by atoms with van der Waals surface area (Å²) in [7, 11) is 0. The number of carbonyl (C=O) groups excluding carboxylic acids is 2. The number of rotatable bonds is 3. The Morgan fingerprint density at radius 2 is 1.50 bits per heavy atom. The Bertz CT molecular complexity index is 1170. The number of allylic oxidation sites excluding steroid dienone is 1. The SMILES string of the molecule is O=C1CCC(=O)N1c1nc2n(n1)[C@H](c1ccc(Cl)cc1)C=C(c1ccc(Cl)cc1)N2. The molecule has 1 saturated heterocycles. The molecule has 0 bridgehead atoms. The van der Waals surface area contributed by atoms with Crippen molar-refractivity contribution in [3.05, 3.63) is 75.8 Å². The molecule has 0 saturated carbocycles. The van der Waals surface area contributed by atoms with Crippen molar-refractivity contribution >= 4 is 52.6 Å². The summed E-state index contributed by atoms with van der Waals surface area (Å²) in [6.45, 7) is 0. The molecule has 30 heavy (non-hydrogen) atoms. The van der Waals surface area contributed by atoms with Gasteiger partial charge in [0.15, 0.2) is 0 Å². The van der Waals surface area contributed by atoms with E-state index in [0.29, 0.717) is 16.0 Å². The molecular weight excluding hydrogens is 425 g/mol. The topological polar surface area (TPSA) is 80.1 Å². The van der Waals surface area contributed by atoms with E-state index in [1.165, 1.54) is 0 Å². The Morgan fingerprint density at radius 3 is 2.13 bits per heavy atom. The van der Waals surface area contributed by atoms with Crippen LogP contribution in [0.4, 0.5) is 11.9 Å². The van der Waals surface area contributed by atoms with Crippen LogP contribution in [0.2, 0.25) is 10.0 Å². The van der Waals surface area contributed by atoms with Gasteiger partial charge in [-0.3, -0.25) is 9.59 Å². The van der Waals surface area contributed by atoms with Crippen molar-refractivity contribution in [2.45, 2.75) is 18.9 Å². The third-order valence-corrected chi connectivity index (χ3v) is 5.58. The standard InChI is InChI=1S/C21H15Cl2N5O2/c22-14-5-1-12(2-6-14)16-11-17(13-3-7-15(23)8-4-13)28-20(24-16)25-21(26-28)27-18(29)9-10-19(27)30/h1-8,11,17H,9-10H2,(H,24,25,26)/t17-/m0/s1. The van der Waals surface area contributed by atoms with E-state index in [0.717, 1.165) is 21.7 Å². The summed E-state index contributed by atoms with van der Waals surface area (Å²) in [6, 6.07) is 14.5. The van der Waals surface area contributed by atoms with E-state index in [2.05, 4.69) is 15.4 Å². The highest BCUT2D eigenvalue weighted by Crippen LogP contribution is 2.35. The first-order chi connectivity index (χ1) is 14.5. The number of carbonyl (C=O) groups is 2. The Morgan fingerprint density at radius 1 is 0.900 bits per heavy atom. The average molecular weight is 440 g/mol. The number of imide groups is 1. The molecule has 2 aliphatic rings. The van der Waals surface area contributed by atoms with Crippen molar-refractivity contribution in [3.63, 3.8) is 0 Å². The van der Waals surface area contributed by atoms with Crippen molar-refractivity contribution < 1.29 is 9.59 Å². The largest absolute Gasteiger partial charge is 0.324 e. The van der Waals surface area contributed by atoms with Crippen LogP contribution in [0.3, 0.4) is 0 Å². The van der Waals surface area contributed by atoms with Crippen molar-refractivity contribution in [3.8, 4) is 0 Å². The van der Waals surface area contributed by atoms with Gasteiger partial charge in [0.05, 0.1) is 0 Å². The van der Waals surface area contributed by atoms with Gasteiger partial charge in [-0.25, -0.2) is 9.58 Å². The molecule has 0 unspecified atom stereocenters. The van der Waals surface area contributed by atoms with Crippen LogP contribution in [0.5, 0.6) is 0 Å².